The molecule has 3 N–H and O–H groups in total. The molecule has 39 heavy (non-hydrogen) atoms. The van der Waals surface area contributed by atoms with Gasteiger partial charge < -0.3 is 5.73 Å². The lowest BCUT2D eigenvalue weighted by Crippen LogP contribution is -2.24. The second-order valence-electron chi connectivity index (χ2n) is 8.20. The van der Waals surface area contributed by atoms with E-state index in [0.717, 1.165) is 25.6 Å². The first-order chi connectivity index (χ1) is 18.5. The fraction of sp³-hybridized carbons (Fsp3) is 0.143. The van der Waals surface area contributed by atoms with Crippen molar-refractivity contribution in [3.63, 3.8) is 0 Å². The van der Waals surface area contributed by atoms with Crippen LogP contribution in [0.4, 0.5) is 0 Å². The van der Waals surface area contributed by atoms with Crippen molar-refractivity contribution < 1.29 is 16.8 Å². The largest absolute Gasteiger partial charge is 0.326 e. The molecular formula is C28H29Br2ClN2O4S2. The number of hydrogen-bond donors (Lipinski definition) is 2. The molecule has 0 aliphatic heterocycles. The first-order valence-electron chi connectivity index (χ1n) is 11.6. The van der Waals surface area contributed by atoms with Crippen molar-refractivity contribution in [2.75, 3.05) is 0 Å². The van der Waals surface area contributed by atoms with Crippen molar-refractivity contribution >= 4 is 61.6 Å². The SMILES string of the molecule is NCc1cccc(Br)c1.O=S(=O)(Cc1ccccc1)NCc1cccc(Br)c1.O=S(=O)(Cl)Cc1ccccc1. The molecule has 0 spiro atoms. The molecule has 11 heteroatoms. The van der Waals surface area contributed by atoms with Crippen molar-refractivity contribution in [1.82, 2.24) is 4.72 Å². The van der Waals surface area contributed by atoms with Gasteiger partial charge in [0.05, 0.1) is 11.5 Å². The van der Waals surface area contributed by atoms with Crippen molar-refractivity contribution in [2.45, 2.75) is 24.6 Å². The molecule has 0 saturated heterocycles. The normalized spacial score (nSPS) is 11.0. The third-order valence-corrected chi connectivity index (χ3v) is 8.18. The van der Waals surface area contributed by atoms with Gasteiger partial charge in [-0.15, -0.1) is 0 Å². The fourth-order valence-electron chi connectivity index (χ4n) is 3.12. The molecular weight excluding hydrogens is 688 g/mol. The first kappa shape index (κ1) is 33.2. The van der Waals surface area contributed by atoms with Gasteiger partial charge in [-0.3, -0.25) is 0 Å². The van der Waals surface area contributed by atoms with Gasteiger partial charge in [-0.1, -0.05) is 117 Å². The van der Waals surface area contributed by atoms with Crippen molar-refractivity contribution in [3.8, 4) is 0 Å². The highest BCUT2D eigenvalue weighted by molar-refractivity contribution is 9.10. The van der Waals surface area contributed by atoms with Gasteiger partial charge in [-0.25, -0.2) is 21.6 Å². The molecule has 0 fully saturated rings. The van der Waals surface area contributed by atoms with Crippen LogP contribution in [0, 0.1) is 0 Å². The Morgan fingerprint density at radius 3 is 1.49 bits per heavy atom. The number of benzene rings is 4. The summed E-state index contributed by atoms with van der Waals surface area (Å²) >= 11 is 6.71. The van der Waals surface area contributed by atoms with Crippen LogP contribution in [-0.4, -0.2) is 16.8 Å². The Labute approximate surface area is 252 Å². The number of nitrogens with two attached hydrogens (primary N) is 1. The molecule has 0 aliphatic rings. The van der Waals surface area contributed by atoms with E-state index in [2.05, 4.69) is 36.6 Å². The van der Waals surface area contributed by atoms with Gasteiger partial charge in [0.1, 0.15) is 0 Å². The van der Waals surface area contributed by atoms with Crippen LogP contribution >= 0.6 is 42.5 Å². The third-order valence-electron chi connectivity index (χ3n) is 4.89. The Hall–Kier alpha value is -2.05. The summed E-state index contributed by atoms with van der Waals surface area (Å²) in [5.74, 6) is -0.1000. The van der Waals surface area contributed by atoms with Crippen LogP contribution in [0.2, 0.25) is 0 Å². The monoisotopic (exact) mass is 714 g/mol. The van der Waals surface area contributed by atoms with Crippen LogP contribution in [0.25, 0.3) is 0 Å². The zero-order chi connectivity index (χ0) is 28.7. The number of nitrogens with one attached hydrogen (secondary N) is 1. The number of hydrogen-bond acceptors (Lipinski definition) is 5. The Morgan fingerprint density at radius 2 is 1.05 bits per heavy atom. The van der Waals surface area contributed by atoms with E-state index in [1.807, 2.05) is 72.8 Å². The highest BCUT2D eigenvalue weighted by Gasteiger charge is 2.11. The van der Waals surface area contributed by atoms with Gasteiger partial charge in [-0.2, -0.15) is 0 Å². The van der Waals surface area contributed by atoms with Crippen LogP contribution in [0.3, 0.4) is 0 Å². The Kier molecular flexibility index (Phi) is 14.4. The summed E-state index contributed by atoms with van der Waals surface area (Å²) < 4.78 is 49.6. The molecule has 0 radical (unpaired) electrons. The molecule has 4 rings (SSSR count). The Morgan fingerprint density at radius 1 is 0.615 bits per heavy atom. The van der Waals surface area contributed by atoms with E-state index < -0.39 is 19.1 Å². The summed E-state index contributed by atoms with van der Waals surface area (Å²) in [4.78, 5) is 0. The van der Waals surface area contributed by atoms with Crippen LogP contribution in [0.1, 0.15) is 22.3 Å². The maximum Gasteiger partial charge on any atom is 0.236 e. The van der Waals surface area contributed by atoms with E-state index >= 15 is 0 Å². The summed E-state index contributed by atoms with van der Waals surface area (Å²) in [6.45, 7) is 0.911. The first-order valence-corrected chi connectivity index (χ1v) is 17.3. The molecule has 0 heterocycles. The maximum absolute atomic E-state index is 11.9. The van der Waals surface area contributed by atoms with Crippen LogP contribution in [-0.2, 0) is 43.7 Å². The van der Waals surface area contributed by atoms with Gasteiger partial charge in [0.15, 0.2) is 0 Å². The minimum atomic E-state index is -3.40. The van der Waals surface area contributed by atoms with Gasteiger partial charge in [-0.05, 0) is 46.5 Å². The van der Waals surface area contributed by atoms with Crippen molar-refractivity contribution in [1.29, 1.82) is 0 Å². The number of rotatable bonds is 8. The van der Waals surface area contributed by atoms with Crippen LogP contribution in [0.5, 0.6) is 0 Å². The summed E-state index contributed by atoms with van der Waals surface area (Å²) in [6, 6.07) is 33.5. The summed E-state index contributed by atoms with van der Waals surface area (Å²) in [7, 11) is -1.68. The molecule has 0 aliphatic carbocycles. The molecule has 0 atom stereocenters. The van der Waals surface area contributed by atoms with E-state index in [-0.39, 0.29) is 11.5 Å². The predicted octanol–water partition coefficient (Wildman–Crippen LogP) is 6.73. The molecule has 0 unspecified atom stereocenters. The van der Waals surface area contributed by atoms with Crippen molar-refractivity contribution in [2.24, 2.45) is 5.73 Å². The third kappa shape index (κ3) is 15.4. The van der Waals surface area contributed by atoms with Crippen LogP contribution in [0.15, 0.2) is 118 Å². The molecule has 0 aromatic heterocycles. The van der Waals surface area contributed by atoms with E-state index in [0.29, 0.717) is 18.7 Å². The molecule has 6 nitrogen and oxygen atoms in total. The number of sulfonamides is 1. The topological polar surface area (TPSA) is 106 Å². The molecule has 0 bridgehead atoms. The summed E-state index contributed by atoms with van der Waals surface area (Å²) in [5, 5.41) is 0. The van der Waals surface area contributed by atoms with E-state index in [9.17, 15) is 16.8 Å². The highest BCUT2D eigenvalue weighted by Crippen LogP contribution is 2.13. The lowest BCUT2D eigenvalue weighted by molar-refractivity contribution is 0.580. The minimum Gasteiger partial charge on any atom is -0.326 e. The Balaban J connectivity index is 0.000000226. The molecule has 0 amide bonds. The minimum absolute atomic E-state index is 0.00183. The van der Waals surface area contributed by atoms with Gasteiger partial charge in [0.25, 0.3) is 0 Å². The summed E-state index contributed by atoms with van der Waals surface area (Å²) in [5.41, 5.74) is 8.97. The van der Waals surface area contributed by atoms with E-state index in [1.54, 1.807) is 36.4 Å². The van der Waals surface area contributed by atoms with E-state index in [4.69, 9.17) is 16.4 Å². The zero-order valence-corrected chi connectivity index (χ0v) is 26.4. The highest BCUT2D eigenvalue weighted by atomic mass is 79.9. The smallest absolute Gasteiger partial charge is 0.236 e. The predicted molar refractivity (Wildman–Crippen MR) is 167 cm³/mol. The zero-order valence-electron chi connectivity index (χ0n) is 20.9. The van der Waals surface area contributed by atoms with Crippen LogP contribution < -0.4 is 10.5 Å². The van der Waals surface area contributed by atoms with Gasteiger partial charge in [0.2, 0.25) is 19.1 Å². The average molecular weight is 717 g/mol. The van der Waals surface area contributed by atoms with Crippen molar-refractivity contribution in [3.05, 3.63) is 140 Å². The quantitative estimate of drug-likeness (QED) is 0.197. The maximum atomic E-state index is 11.9. The van der Waals surface area contributed by atoms with E-state index in [1.165, 1.54) is 0 Å². The number of halogens is 3. The molecule has 0 saturated carbocycles. The Bertz CT molecular complexity index is 1510. The average Bonchev–Trinajstić information content (AvgIpc) is 2.88. The fourth-order valence-corrected chi connectivity index (χ4v) is 6.10. The second-order valence-corrected chi connectivity index (χ2v) is 14.6. The van der Waals surface area contributed by atoms with Gasteiger partial charge >= 0.3 is 0 Å². The second kappa shape index (κ2) is 16.9. The lowest BCUT2D eigenvalue weighted by Gasteiger charge is -2.07. The standard InChI is InChI=1S/C14H14BrNO2S.C7H8BrN.C7H7ClO2S/c15-14-8-4-7-13(9-14)10-16-19(17,18)11-12-5-2-1-3-6-12;8-7-3-1-2-6(4-7)5-9;8-11(9,10)6-7-4-2-1-3-5-7/h1-9,16H,10-11H2;1-4H,5,9H2;1-5H,6H2. The molecule has 208 valence electrons. The van der Waals surface area contributed by atoms with Gasteiger partial charge in [0, 0.05) is 32.7 Å². The lowest BCUT2D eigenvalue weighted by atomic mass is 10.2. The summed E-state index contributed by atoms with van der Waals surface area (Å²) in [6.07, 6.45) is 0. The molecule has 4 aromatic carbocycles. The molecule has 4 aromatic rings.